The van der Waals surface area contributed by atoms with E-state index in [0.29, 0.717) is 11.4 Å². The van der Waals surface area contributed by atoms with Crippen molar-refractivity contribution in [2.24, 2.45) is 7.05 Å². The van der Waals surface area contributed by atoms with E-state index in [1.807, 2.05) is 43.8 Å². The molecule has 0 bridgehead atoms. The first-order valence-electron chi connectivity index (χ1n) is 5.34. The summed E-state index contributed by atoms with van der Waals surface area (Å²) in [5.41, 5.74) is 9.99. The first-order valence-corrected chi connectivity index (χ1v) is 5.34. The highest BCUT2D eigenvalue weighted by atomic mass is 14.9. The van der Waals surface area contributed by atoms with E-state index < -0.39 is 0 Å². The molecular weight excluding hydrogens is 212 g/mol. The van der Waals surface area contributed by atoms with Crippen LogP contribution in [0, 0.1) is 25.2 Å². The van der Waals surface area contributed by atoms with Gasteiger partial charge in [-0.1, -0.05) is 0 Å². The quantitative estimate of drug-likeness (QED) is 0.810. The Morgan fingerprint density at radius 1 is 1.41 bits per heavy atom. The smallest absolute Gasteiger partial charge is 0.142 e. The zero-order chi connectivity index (χ0) is 12.6. The Balaban J connectivity index is 2.86. The fourth-order valence-corrected chi connectivity index (χ4v) is 1.97. The van der Waals surface area contributed by atoms with Gasteiger partial charge in [-0.25, -0.2) is 4.98 Å². The minimum Gasteiger partial charge on any atom is -0.383 e. The Kier molecular flexibility index (Phi) is 2.60. The molecule has 2 aromatic heterocycles. The fourth-order valence-electron chi connectivity index (χ4n) is 1.97. The molecule has 0 saturated heterocycles. The van der Waals surface area contributed by atoms with Crippen molar-refractivity contribution >= 4 is 5.82 Å². The van der Waals surface area contributed by atoms with Gasteiger partial charge >= 0.3 is 0 Å². The van der Waals surface area contributed by atoms with Gasteiger partial charge in [0.1, 0.15) is 17.5 Å². The van der Waals surface area contributed by atoms with Crippen LogP contribution in [-0.2, 0) is 7.05 Å². The van der Waals surface area contributed by atoms with Crippen molar-refractivity contribution in [3.63, 3.8) is 0 Å². The summed E-state index contributed by atoms with van der Waals surface area (Å²) < 4.78 is 1.97. The van der Waals surface area contributed by atoms with Gasteiger partial charge in [0.05, 0.1) is 0 Å². The molecule has 0 saturated carbocycles. The molecule has 4 heteroatoms. The summed E-state index contributed by atoms with van der Waals surface area (Å²) in [5.74, 6) is 0.298. The van der Waals surface area contributed by atoms with Crippen molar-refractivity contribution in [2.75, 3.05) is 5.73 Å². The summed E-state index contributed by atoms with van der Waals surface area (Å²) in [6.45, 7) is 3.87. The Hall–Kier alpha value is -2.28. The molecule has 0 unspecified atom stereocenters. The van der Waals surface area contributed by atoms with Crippen molar-refractivity contribution in [3.05, 3.63) is 35.2 Å². The molecule has 0 aliphatic heterocycles. The third kappa shape index (κ3) is 1.66. The van der Waals surface area contributed by atoms with E-state index in [2.05, 4.69) is 11.1 Å². The molecule has 0 amide bonds. The standard InChI is InChI=1S/C13H14N4/c1-8-9(2)16-13(15)10(7-14)12(8)11-5-4-6-17(11)3/h4-6H,1-3H3,(H2,15,16). The average molecular weight is 226 g/mol. The highest BCUT2D eigenvalue weighted by Crippen LogP contribution is 2.31. The number of hydrogen-bond donors (Lipinski definition) is 1. The summed E-state index contributed by atoms with van der Waals surface area (Å²) in [6, 6.07) is 6.07. The van der Waals surface area contributed by atoms with E-state index in [0.717, 1.165) is 22.5 Å². The van der Waals surface area contributed by atoms with Crippen LogP contribution in [0.4, 0.5) is 5.82 Å². The van der Waals surface area contributed by atoms with Crippen LogP contribution in [0.3, 0.4) is 0 Å². The second-order valence-electron chi connectivity index (χ2n) is 4.07. The lowest BCUT2D eigenvalue weighted by atomic mass is 9.99. The number of nitrogens with two attached hydrogens (primary N) is 1. The zero-order valence-corrected chi connectivity index (χ0v) is 10.2. The fraction of sp³-hybridized carbons (Fsp3) is 0.231. The number of rotatable bonds is 1. The zero-order valence-electron chi connectivity index (χ0n) is 10.2. The molecule has 0 spiro atoms. The Morgan fingerprint density at radius 3 is 2.65 bits per heavy atom. The van der Waals surface area contributed by atoms with Crippen LogP contribution in [0.1, 0.15) is 16.8 Å². The topological polar surface area (TPSA) is 67.6 Å². The SMILES string of the molecule is Cc1nc(N)c(C#N)c(-c2cccn2C)c1C. The summed E-state index contributed by atoms with van der Waals surface area (Å²) in [7, 11) is 1.95. The number of aryl methyl sites for hydroxylation is 2. The van der Waals surface area contributed by atoms with Crippen molar-refractivity contribution in [1.29, 1.82) is 5.26 Å². The van der Waals surface area contributed by atoms with Crippen molar-refractivity contribution in [1.82, 2.24) is 9.55 Å². The third-order valence-corrected chi connectivity index (χ3v) is 3.02. The summed E-state index contributed by atoms with van der Waals surface area (Å²) in [5, 5.41) is 9.23. The van der Waals surface area contributed by atoms with Gasteiger partial charge in [0.25, 0.3) is 0 Å². The minimum absolute atomic E-state index is 0.298. The number of nitrogen functional groups attached to an aromatic ring is 1. The molecule has 2 heterocycles. The molecule has 2 N–H and O–H groups in total. The van der Waals surface area contributed by atoms with Crippen LogP contribution in [0.2, 0.25) is 0 Å². The predicted molar refractivity (Wildman–Crippen MR) is 67.2 cm³/mol. The molecule has 4 nitrogen and oxygen atoms in total. The van der Waals surface area contributed by atoms with Crippen LogP contribution in [-0.4, -0.2) is 9.55 Å². The van der Waals surface area contributed by atoms with Gasteiger partial charge in [0.15, 0.2) is 0 Å². The van der Waals surface area contributed by atoms with Gasteiger partial charge in [-0.05, 0) is 31.5 Å². The molecule has 0 aliphatic carbocycles. The van der Waals surface area contributed by atoms with E-state index in [-0.39, 0.29) is 0 Å². The number of aromatic nitrogens is 2. The average Bonchev–Trinajstić information content (AvgIpc) is 2.69. The molecule has 0 radical (unpaired) electrons. The molecular formula is C13H14N4. The molecule has 86 valence electrons. The number of nitriles is 1. The van der Waals surface area contributed by atoms with Crippen LogP contribution in [0.5, 0.6) is 0 Å². The first kappa shape index (κ1) is 11.2. The van der Waals surface area contributed by atoms with E-state index in [4.69, 9.17) is 5.73 Å². The van der Waals surface area contributed by atoms with Crippen LogP contribution in [0.15, 0.2) is 18.3 Å². The number of nitrogens with zero attached hydrogens (tertiary/aromatic N) is 3. The van der Waals surface area contributed by atoms with Gasteiger partial charge in [-0.15, -0.1) is 0 Å². The maximum absolute atomic E-state index is 9.23. The summed E-state index contributed by atoms with van der Waals surface area (Å²) in [4.78, 5) is 4.19. The molecule has 2 aromatic rings. The Morgan fingerprint density at radius 2 is 2.12 bits per heavy atom. The lowest BCUT2D eigenvalue weighted by molar-refractivity contribution is 0.933. The summed E-state index contributed by atoms with van der Waals surface area (Å²) in [6.07, 6.45) is 1.95. The second-order valence-corrected chi connectivity index (χ2v) is 4.07. The van der Waals surface area contributed by atoms with Gasteiger partial charge < -0.3 is 10.3 Å². The van der Waals surface area contributed by atoms with Gasteiger partial charge in [-0.2, -0.15) is 5.26 Å². The van der Waals surface area contributed by atoms with E-state index in [1.165, 1.54) is 0 Å². The largest absolute Gasteiger partial charge is 0.383 e. The van der Waals surface area contributed by atoms with Crippen molar-refractivity contribution < 1.29 is 0 Å². The highest BCUT2D eigenvalue weighted by Gasteiger charge is 2.16. The third-order valence-electron chi connectivity index (χ3n) is 3.02. The van der Waals surface area contributed by atoms with Gasteiger partial charge in [0, 0.05) is 30.2 Å². The van der Waals surface area contributed by atoms with Crippen molar-refractivity contribution in [2.45, 2.75) is 13.8 Å². The molecule has 2 rings (SSSR count). The molecule has 0 atom stereocenters. The first-order chi connectivity index (χ1) is 8.06. The van der Waals surface area contributed by atoms with Crippen molar-refractivity contribution in [3.8, 4) is 17.3 Å². The molecule has 17 heavy (non-hydrogen) atoms. The number of anilines is 1. The van der Waals surface area contributed by atoms with Crippen LogP contribution >= 0.6 is 0 Å². The van der Waals surface area contributed by atoms with E-state index >= 15 is 0 Å². The highest BCUT2D eigenvalue weighted by molar-refractivity contribution is 5.77. The Bertz CT molecular complexity index is 617. The maximum atomic E-state index is 9.23. The second kappa shape index (κ2) is 3.95. The minimum atomic E-state index is 0.298. The lowest BCUT2D eigenvalue weighted by Crippen LogP contribution is -2.04. The molecule has 0 aromatic carbocycles. The lowest BCUT2D eigenvalue weighted by Gasteiger charge is -2.13. The maximum Gasteiger partial charge on any atom is 0.142 e. The predicted octanol–water partition coefficient (Wildman–Crippen LogP) is 2.16. The Labute approximate surface area is 100 Å². The number of pyridine rings is 1. The van der Waals surface area contributed by atoms with Gasteiger partial charge in [0.2, 0.25) is 0 Å². The van der Waals surface area contributed by atoms with Crippen LogP contribution < -0.4 is 5.73 Å². The van der Waals surface area contributed by atoms with Crippen LogP contribution in [0.25, 0.3) is 11.3 Å². The number of hydrogen-bond acceptors (Lipinski definition) is 3. The molecule has 0 aliphatic rings. The van der Waals surface area contributed by atoms with E-state index in [1.54, 1.807) is 0 Å². The van der Waals surface area contributed by atoms with Gasteiger partial charge in [-0.3, -0.25) is 0 Å². The monoisotopic (exact) mass is 226 g/mol. The molecule has 0 fully saturated rings. The normalized spacial score (nSPS) is 10.2. The van der Waals surface area contributed by atoms with E-state index in [9.17, 15) is 5.26 Å². The summed E-state index contributed by atoms with van der Waals surface area (Å²) >= 11 is 0.